The summed E-state index contributed by atoms with van der Waals surface area (Å²) in [6.45, 7) is 2.99. The van der Waals surface area contributed by atoms with Crippen molar-refractivity contribution in [2.45, 2.75) is 38.1 Å². The Kier molecular flexibility index (Phi) is 6.33. The Hall–Kier alpha value is -2.55. The van der Waals surface area contributed by atoms with Crippen molar-refractivity contribution in [2.75, 3.05) is 38.1 Å². The fourth-order valence-electron chi connectivity index (χ4n) is 3.90. The molecule has 1 aromatic carbocycles. The molecule has 0 unspecified atom stereocenters. The second-order valence-electron chi connectivity index (χ2n) is 7.36. The number of carbonyl (C=O) groups excluding carboxylic acids is 1. The van der Waals surface area contributed by atoms with E-state index in [9.17, 15) is 14.4 Å². The van der Waals surface area contributed by atoms with Gasteiger partial charge in [-0.2, -0.15) is 5.26 Å². The summed E-state index contributed by atoms with van der Waals surface area (Å²) in [6, 6.07) is 8.84. The summed E-state index contributed by atoms with van der Waals surface area (Å²) in [5.74, 6) is -0.412. The number of nitriles is 1. The highest BCUT2D eigenvalue weighted by atomic mass is 19.1. The van der Waals surface area contributed by atoms with Crippen molar-refractivity contribution in [3.05, 3.63) is 41.9 Å². The Morgan fingerprint density at radius 1 is 1.15 bits per heavy atom. The molecule has 27 heavy (non-hydrogen) atoms. The number of carbonyl (C=O) groups is 1. The van der Waals surface area contributed by atoms with Crippen LogP contribution in [-0.2, 0) is 4.79 Å². The minimum atomic E-state index is -0.237. The molecule has 0 radical (unpaired) electrons. The zero-order valence-corrected chi connectivity index (χ0v) is 15.9. The number of piperazine rings is 1. The molecule has 1 saturated heterocycles. The van der Waals surface area contributed by atoms with Crippen LogP contribution in [0.3, 0.4) is 0 Å². The molecular formula is C21H27FN4O. The molecule has 0 spiro atoms. The Bertz CT molecular complexity index is 711. The van der Waals surface area contributed by atoms with Gasteiger partial charge in [-0.3, -0.25) is 4.79 Å². The predicted octanol–water partition coefficient (Wildman–Crippen LogP) is 3.15. The molecule has 1 aromatic rings. The van der Waals surface area contributed by atoms with Gasteiger partial charge in [0.1, 0.15) is 17.5 Å². The van der Waals surface area contributed by atoms with E-state index in [0.717, 1.165) is 57.5 Å². The molecule has 2 fully saturated rings. The maximum absolute atomic E-state index is 13.1. The van der Waals surface area contributed by atoms with E-state index in [0.29, 0.717) is 0 Å². The van der Waals surface area contributed by atoms with Crippen LogP contribution in [0.1, 0.15) is 32.1 Å². The quantitative estimate of drug-likeness (QED) is 0.604. The number of halogens is 1. The van der Waals surface area contributed by atoms with Crippen molar-refractivity contribution >= 4 is 11.6 Å². The van der Waals surface area contributed by atoms with Crippen molar-refractivity contribution in [3.63, 3.8) is 0 Å². The molecule has 0 N–H and O–H groups in total. The molecule has 1 saturated carbocycles. The smallest absolute Gasteiger partial charge is 0.265 e. The second-order valence-corrected chi connectivity index (χ2v) is 7.36. The largest absolute Gasteiger partial charge is 0.373 e. The first-order chi connectivity index (χ1) is 13.1. The topological polar surface area (TPSA) is 50.6 Å². The Morgan fingerprint density at radius 3 is 2.37 bits per heavy atom. The minimum Gasteiger partial charge on any atom is -0.373 e. The normalized spacial score (nSPS) is 18.9. The zero-order valence-electron chi connectivity index (χ0n) is 15.9. The zero-order chi connectivity index (χ0) is 19.2. The molecular weight excluding hydrogens is 343 g/mol. The van der Waals surface area contributed by atoms with Gasteiger partial charge in [-0.25, -0.2) is 4.39 Å². The van der Waals surface area contributed by atoms with Crippen molar-refractivity contribution in [1.29, 1.82) is 5.26 Å². The lowest BCUT2D eigenvalue weighted by atomic mass is 9.94. The number of amides is 1. The van der Waals surface area contributed by atoms with E-state index in [1.807, 2.05) is 11.9 Å². The summed E-state index contributed by atoms with van der Waals surface area (Å²) in [6.07, 6.45) is 7.30. The molecule has 0 aromatic heterocycles. The van der Waals surface area contributed by atoms with Crippen LogP contribution in [0.2, 0.25) is 0 Å². The lowest BCUT2D eigenvalue weighted by molar-refractivity contribution is -0.128. The van der Waals surface area contributed by atoms with Crippen LogP contribution in [0.15, 0.2) is 36.0 Å². The van der Waals surface area contributed by atoms with Crippen molar-refractivity contribution in [2.24, 2.45) is 0 Å². The van der Waals surface area contributed by atoms with Crippen molar-refractivity contribution in [1.82, 2.24) is 9.80 Å². The Labute approximate surface area is 160 Å². The lowest BCUT2D eigenvalue weighted by Crippen LogP contribution is -2.45. The fraction of sp³-hybridized carbons (Fsp3) is 0.524. The van der Waals surface area contributed by atoms with E-state index in [4.69, 9.17) is 0 Å². The average Bonchev–Trinajstić information content (AvgIpc) is 2.72. The van der Waals surface area contributed by atoms with Gasteiger partial charge in [0.2, 0.25) is 0 Å². The van der Waals surface area contributed by atoms with E-state index >= 15 is 0 Å². The van der Waals surface area contributed by atoms with E-state index < -0.39 is 0 Å². The maximum atomic E-state index is 13.1. The highest BCUT2D eigenvalue weighted by Gasteiger charge is 2.25. The minimum absolute atomic E-state index is 0.176. The number of anilines is 1. The number of likely N-dealkylation sites (N-methyl/N-ethyl adjacent to an activating group) is 1. The molecule has 1 amide bonds. The second kappa shape index (κ2) is 8.90. The third kappa shape index (κ3) is 4.79. The average molecular weight is 370 g/mol. The number of benzene rings is 1. The molecule has 1 aliphatic carbocycles. The van der Waals surface area contributed by atoms with Gasteiger partial charge in [-0.1, -0.05) is 19.3 Å². The Balaban J connectivity index is 1.59. The number of hydrogen-bond acceptors (Lipinski definition) is 4. The van der Waals surface area contributed by atoms with E-state index in [1.165, 1.54) is 18.6 Å². The number of hydrogen-bond donors (Lipinski definition) is 0. The van der Waals surface area contributed by atoms with Gasteiger partial charge < -0.3 is 14.7 Å². The van der Waals surface area contributed by atoms with Gasteiger partial charge in [-0.15, -0.1) is 0 Å². The van der Waals surface area contributed by atoms with Crippen LogP contribution in [-0.4, -0.2) is 55.0 Å². The third-order valence-corrected chi connectivity index (χ3v) is 5.61. The van der Waals surface area contributed by atoms with Crippen LogP contribution in [0.25, 0.3) is 0 Å². The number of nitrogens with zero attached hydrogens (tertiary/aromatic N) is 4. The molecule has 0 atom stereocenters. The van der Waals surface area contributed by atoms with Crippen LogP contribution >= 0.6 is 0 Å². The SMILES string of the molecule is CN(C(=O)/C(C#N)=C\N1CCN(c2ccc(F)cc2)CC1)C1CCCCC1. The van der Waals surface area contributed by atoms with Gasteiger partial charge >= 0.3 is 0 Å². The van der Waals surface area contributed by atoms with Crippen molar-refractivity contribution in [3.8, 4) is 6.07 Å². The maximum Gasteiger partial charge on any atom is 0.265 e. The predicted molar refractivity (Wildman–Crippen MR) is 104 cm³/mol. The Morgan fingerprint density at radius 2 is 1.78 bits per heavy atom. The van der Waals surface area contributed by atoms with Gasteiger partial charge in [0, 0.05) is 51.2 Å². The van der Waals surface area contributed by atoms with Crippen LogP contribution < -0.4 is 4.90 Å². The van der Waals surface area contributed by atoms with Gasteiger partial charge in [-0.05, 0) is 37.1 Å². The molecule has 0 bridgehead atoms. The lowest BCUT2D eigenvalue weighted by Gasteiger charge is -2.36. The summed E-state index contributed by atoms with van der Waals surface area (Å²) in [4.78, 5) is 18.7. The molecule has 3 rings (SSSR count). The molecule has 144 valence electrons. The van der Waals surface area contributed by atoms with Gasteiger partial charge in [0.25, 0.3) is 5.91 Å². The summed E-state index contributed by atoms with van der Waals surface area (Å²) < 4.78 is 13.1. The third-order valence-electron chi connectivity index (χ3n) is 5.61. The highest BCUT2D eigenvalue weighted by molar-refractivity contribution is 5.97. The molecule has 6 heteroatoms. The van der Waals surface area contributed by atoms with E-state index in [2.05, 4.69) is 11.0 Å². The fourth-order valence-corrected chi connectivity index (χ4v) is 3.90. The molecule has 1 heterocycles. The summed E-state index contributed by atoms with van der Waals surface area (Å²) in [5, 5.41) is 9.49. The van der Waals surface area contributed by atoms with Gasteiger partial charge in [0.05, 0.1) is 0 Å². The van der Waals surface area contributed by atoms with E-state index in [-0.39, 0.29) is 23.3 Å². The standard InChI is InChI=1S/C21H27FN4O/c1-24(19-5-3-2-4-6-19)21(27)17(15-23)16-25-11-13-26(14-12-25)20-9-7-18(22)8-10-20/h7-10,16,19H,2-6,11-14H2,1H3/b17-16-. The summed E-state index contributed by atoms with van der Waals surface area (Å²) in [5.41, 5.74) is 1.20. The first kappa shape index (κ1) is 19.2. The van der Waals surface area contributed by atoms with Gasteiger partial charge in [0.15, 0.2) is 0 Å². The number of rotatable bonds is 4. The monoisotopic (exact) mass is 370 g/mol. The van der Waals surface area contributed by atoms with Crippen LogP contribution in [0.5, 0.6) is 0 Å². The highest BCUT2D eigenvalue weighted by Crippen LogP contribution is 2.23. The molecule has 2 aliphatic rings. The van der Waals surface area contributed by atoms with E-state index in [1.54, 1.807) is 23.2 Å². The summed E-state index contributed by atoms with van der Waals surface area (Å²) in [7, 11) is 1.82. The van der Waals surface area contributed by atoms with Crippen LogP contribution in [0, 0.1) is 17.1 Å². The summed E-state index contributed by atoms with van der Waals surface area (Å²) >= 11 is 0. The molecule has 1 aliphatic heterocycles. The first-order valence-electron chi connectivity index (χ1n) is 9.72. The first-order valence-corrected chi connectivity index (χ1v) is 9.72. The van der Waals surface area contributed by atoms with Crippen LogP contribution in [0.4, 0.5) is 10.1 Å². The molecule has 5 nitrogen and oxygen atoms in total. The van der Waals surface area contributed by atoms with Crippen molar-refractivity contribution < 1.29 is 9.18 Å².